The molecule has 4 nitrogen and oxygen atoms in total. The third kappa shape index (κ3) is 2.81. The molecule has 0 spiro atoms. The lowest BCUT2D eigenvalue weighted by Gasteiger charge is -2.04. The Morgan fingerprint density at radius 1 is 1.29 bits per heavy atom. The van der Waals surface area contributed by atoms with Gasteiger partial charge in [-0.2, -0.15) is 0 Å². The molecule has 0 amide bonds. The van der Waals surface area contributed by atoms with E-state index >= 15 is 0 Å². The Morgan fingerprint density at radius 3 is 2.71 bits per heavy atom. The molecule has 0 saturated heterocycles. The fraction of sp³-hybridized carbons (Fsp3) is 0.333. The van der Waals surface area contributed by atoms with Crippen molar-refractivity contribution in [3.63, 3.8) is 0 Å². The van der Waals surface area contributed by atoms with E-state index < -0.39 is 0 Å². The first-order valence-corrected chi connectivity index (χ1v) is 5.39. The summed E-state index contributed by atoms with van der Waals surface area (Å²) in [5.74, 6) is 1.12. The Hall–Kier alpha value is -1.91. The molecule has 2 aromatic rings. The average Bonchev–Trinajstić information content (AvgIpc) is 2.79. The van der Waals surface area contributed by atoms with E-state index in [1.54, 1.807) is 19.1 Å². The number of aryl methyl sites for hydroxylation is 2. The van der Waals surface area contributed by atoms with Gasteiger partial charge in [-0.25, -0.2) is 4.39 Å². The quantitative estimate of drug-likeness (QED) is 0.818. The number of hydrogen-bond donors (Lipinski definition) is 0. The van der Waals surface area contributed by atoms with Crippen LogP contribution in [0.15, 0.2) is 22.6 Å². The van der Waals surface area contributed by atoms with Crippen molar-refractivity contribution in [3.05, 3.63) is 41.4 Å². The minimum atomic E-state index is -0.290. The summed E-state index contributed by atoms with van der Waals surface area (Å²) in [6, 6.07) is 4.71. The van der Waals surface area contributed by atoms with Gasteiger partial charge in [0, 0.05) is 12.5 Å². The van der Waals surface area contributed by atoms with Gasteiger partial charge in [-0.15, -0.1) is 10.2 Å². The zero-order valence-corrected chi connectivity index (χ0v) is 9.74. The zero-order valence-electron chi connectivity index (χ0n) is 9.74. The van der Waals surface area contributed by atoms with Crippen molar-refractivity contribution >= 4 is 0 Å². The topological polar surface area (TPSA) is 48.2 Å². The van der Waals surface area contributed by atoms with Gasteiger partial charge in [0.05, 0.1) is 0 Å². The summed E-state index contributed by atoms with van der Waals surface area (Å²) in [6.45, 7) is 3.77. The number of ether oxygens (including phenoxy) is 1. The van der Waals surface area contributed by atoms with Gasteiger partial charge in [-0.05, 0) is 18.6 Å². The highest BCUT2D eigenvalue weighted by atomic mass is 19.1. The second kappa shape index (κ2) is 4.95. The minimum absolute atomic E-state index is 0.148. The van der Waals surface area contributed by atoms with Crippen molar-refractivity contribution in [1.82, 2.24) is 10.2 Å². The molecule has 1 heterocycles. The number of rotatable bonds is 4. The first kappa shape index (κ1) is 11.6. The average molecular weight is 236 g/mol. The Balaban J connectivity index is 1.99. The number of nitrogens with zero attached hydrogens (tertiary/aromatic N) is 2. The maximum atomic E-state index is 13.2. The van der Waals surface area contributed by atoms with Crippen LogP contribution in [0.1, 0.15) is 24.3 Å². The first-order chi connectivity index (χ1) is 8.19. The lowest BCUT2D eigenvalue weighted by Crippen LogP contribution is -1.96. The monoisotopic (exact) mass is 236 g/mol. The third-order valence-electron chi connectivity index (χ3n) is 2.32. The summed E-state index contributed by atoms with van der Waals surface area (Å²) < 4.78 is 23.8. The van der Waals surface area contributed by atoms with Crippen molar-refractivity contribution in [2.75, 3.05) is 0 Å². The van der Waals surface area contributed by atoms with Gasteiger partial charge in [0.25, 0.3) is 5.89 Å². The highest BCUT2D eigenvalue weighted by Crippen LogP contribution is 2.17. The van der Waals surface area contributed by atoms with Crippen molar-refractivity contribution in [2.45, 2.75) is 26.9 Å². The van der Waals surface area contributed by atoms with Crippen LogP contribution in [-0.2, 0) is 13.0 Å². The van der Waals surface area contributed by atoms with Crippen molar-refractivity contribution in [2.24, 2.45) is 0 Å². The Morgan fingerprint density at radius 2 is 2.06 bits per heavy atom. The third-order valence-corrected chi connectivity index (χ3v) is 2.32. The molecular weight excluding hydrogens is 223 g/mol. The lowest BCUT2D eigenvalue weighted by molar-refractivity contribution is 0.258. The van der Waals surface area contributed by atoms with Gasteiger partial charge in [-0.1, -0.05) is 13.0 Å². The van der Waals surface area contributed by atoms with E-state index in [0.29, 0.717) is 29.5 Å². The van der Waals surface area contributed by atoms with E-state index in [1.807, 2.05) is 6.92 Å². The summed E-state index contributed by atoms with van der Waals surface area (Å²) >= 11 is 0. The molecule has 0 fully saturated rings. The van der Waals surface area contributed by atoms with E-state index in [2.05, 4.69) is 10.2 Å². The lowest BCUT2D eigenvalue weighted by atomic mass is 10.2. The number of aromatic nitrogens is 2. The highest BCUT2D eigenvalue weighted by molar-refractivity contribution is 5.27. The van der Waals surface area contributed by atoms with Crippen LogP contribution in [0.5, 0.6) is 5.75 Å². The van der Waals surface area contributed by atoms with Gasteiger partial charge >= 0.3 is 0 Å². The Kier molecular flexibility index (Phi) is 3.37. The fourth-order valence-electron chi connectivity index (χ4n) is 1.30. The fourth-order valence-corrected chi connectivity index (χ4v) is 1.30. The molecule has 0 aliphatic heterocycles. The van der Waals surface area contributed by atoms with E-state index in [1.165, 1.54) is 6.07 Å². The molecule has 2 rings (SSSR count). The molecule has 0 saturated carbocycles. The minimum Gasteiger partial charge on any atom is -0.484 e. The van der Waals surface area contributed by atoms with Crippen LogP contribution in [0.25, 0.3) is 0 Å². The predicted molar refractivity (Wildman–Crippen MR) is 59.1 cm³/mol. The Labute approximate surface area is 98.4 Å². The van der Waals surface area contributed by atoms with Gasteiger partial charge in [-0.3, -0.25) is 0 Å². The van der Waals surface area contributed by atoms with Crippen molar-refractivity contribution < 1.29 is 13.5 Å². The molecule has 1 aromatic heterocycles. The van der Waals surface area contributed by atoms with Gasteiger partial charge in [0.2, 0.25) is 5.89 Å². The van der Waals surface area contributed by atoms with E-state index in [9.17, 15) is 4.39 Å². The summed E-state index contributed by atoms with van der Waals surface area (Å²) in [4.78, 5) is 0. The number of halogens is 1. The van der Waals surface area contributed by atoms with E-state index in [4.69, 9.17) is 9.15 Å². The molecule has 0 unspecified atom stereocenters. The molecule has 5 heteroatoms. The molecule has 0 bridgehead atoms. The summed E-state index contributed by atoms with van der Waals surface area (Å²) in [5, 5.41) is 7.61. The maximum absolute atomic E-state index is 13.2. The van der Waals surface area contributed by atoms with Crippen molar-refractivity contribution in [1.29, 1.82) is 0 Å². The molecule has 0 N–H and O–H groups in total. The summed E-state index contributed by atoms with van der Waals surface area (Å²) in [7, 11) is 0. The summed E-state index contributed by atoms with van der Waals surface area (Å²) in [6.07, 6.45) is 0.687. The molecule has 0 aliphatic rings. The highest BCUT2D eigenvalue weighted by Gasteiger charge is 2.06. The largest absolute Gasteiger partial charge is 0.484 e. The van der Waals surface area contributed by atoms with E-state index in [0.717, 1.165) is 0 Å². The maximum Gasteiger partial charge on any atom is 0.253 e. The van der Waals surface area contributed by atoms with Crippen molar-refractivity contribution in [3.8, 4) is 5.75 Å². The van der Waals surface area contributed by atoms with Crippen LogP contribution in [0, 0.1) is 12.7 Å². The molecular formula is C12H13FN2O2. The number of benzene rings is 1. The van der Waals surface area contributed by atoms with Crippen LogP contribution in [0.2, 0.25) is 0 Å². The van der Waals surface area contributed by atoms with Gasteiger partial charge in [0.1, 0.15) is 11.6 Å². The summed E-state index contributed by atoms with van der Waals surface area (Å²) in [5.41, 5.74) is 0.586. The Bertz CT molecular complexity index is 511. The van der Waals surface area contributed by atoms with Crippen LogP contribution >= 0.6 is 0 Å². The van der Waals surface area contributed by atoms with Crippen LogP contribution in [-0.4, -0.2) is 10.2 Å². The molecule has 0 atom stereocenters. The molecule has 17 heavy (non-hydrogen) atoms. The molecule has 0 radical (unpaired) electrons. The predicted octanol–water partition coefficient (Wildman–Crippen LogP) is 2.66. The second-order valence-corrected chi connectivity index (χ2v) is 3.64. The molecule has 90 valence electrons. The van der Waals surface area contributed by atoms with Crippen LogP contribution in [0.3, 0.4) is 0 Å². The first-order valence-electron chi connectivity index (χ1n) is 5.39. The number of hydrogen-bond acceptors (Lipinski definition) is 4. The second-order valence-electron chi connectivity index (χ2n) is 3.64. The van der Waals surface area contributed by atoms with Gasteiger partial charge in [0.15, 0.2) is 6.61 Å². The zero-order chi connectivity index (χ0) is 12.3. The standard InChI is InChI=1S/C12H13FN2O2/c1-3-11-14-15-12(17-11)7-16-9-5-4-8(2)10(13)6-9/h4-6H,3,7H2,1-2H3. The van der Waals surface area contributed by atoms with E-state index in [-0.39, 0.29) is 12.4 Å². The molecule has 0 aliphatic carbocycles. The smallest absolute Gasteiger partial charge is 0.253 e. The van der Waals surface area contributed by atoms with Crippen LogP contribution in [0.4, 0.5) is 4.39 Å². The normalized spacial score (nSPS) is 10.5. The van der Waals surface area contributed by atoms with Crippen LogP contribution < -0.4 is 4.74 Å². The molecule has 1 aromatic carbocycles. The SMILES string of the molecule is CCc1nnc(COc2ccc(C)c(F)c2)o1. The van der Waals surface area contributed by atoms with Gasteiger partial charge < -0.3 is 9.15 Å².